The van der Waals surface area contributed by atoms with E-state index in [-0.39, 0.29) is 41.3 Å². The third kappa shape index (κ3) is 1.65. The maximum absolute atomic E-state index is 11.4. The standard InChI is InChI=1S/C10H9NO6/c1-16-10(13)6-4-7(12)9-5(2-3-17-9)8(6)11(14)15/h4,12H,2-3H2,1H3. The maximum atomic E-state index is 11.4. The van der Waals surface area contributed by atoms with Crippen LogP contribution < -0.4 is 4.74 Å². The summed E-state index contributed by atoms with van der Waals surface area (Å²) in [6, 6.07) is 0.994. The highest BCUT2D eigenvalue weighted by atomic mass is 16.6. The molecule has 17 heavy (non-hydrogen) atoms. The first-order chi connectivity index (χ1) is 8.06. The van der Waals surface area contributed by atoms with Crippen LogP contribution in [0.3, 0.4) is 0 Å². The number of ether oxygens (including phenoxy) is 2. The first-order valence-electron chi connectivity index (χ1n) is 4.80. The van der Waals surface area contributed by atoms with Crippen LogP contribution in [-0.4, -0.2) is 29.7 Å². The van der Waals surface area contributed by atoms with Crippen LogP contribution in [0, 0.1) is 10.1 Å². The summed E-state index contributed by atoms with van der Waals surface area (Å²) in [5, 5.41) is 20.6. The number of phenolic OH excluding ortho intramolecular Hbond substituents is 1. The van der Waals surface area contributed by atoms with Crippen LogP contribution in [0.5, 0.6) is 11.5 Å². The number of carbonyl (C=O) groups is 1. The summed E-state index contributed by atoms with van der Waals surface area (Å²) < 4.78 is 9.53. The van der Waals surface area contributed by atoms with Gasteiger partial charge in [-0.2, -0.15) is 0 Å². The first kappa shape index (κ1) is 11.2. The number of hydrogen-bond acceptors (Lipinski definition) is 6. The quantitative estimate of drug-likeness (QED) is 0.470. The fourth-order valence-corrected chi connectivity index (χ4v) is 1.82. The molecule has 1 aromatic rings. The number of nitro groups is 1. The van der Waals surface area contributed by atoms with E-state index in [2.05, 4.69) is 4.74 Å². The number of methoxy groups -OCH3 is 1. The second kappa shape index (κ2) is 3.93. The van der Waals surface area contributed by atoms with E-state index in [1.165, 1.54) is 0 Å². The zero-order valence-electron chi connectivity index (χ0n) is 8.93. The van der Waals surface area contributed by atoms with E-state index >= 15 is 0 Å². The Morgan fingerprint density at radius 1 is 1.65 bits per heavy atom. The molecule has 1 aromatic carbocycles. The minimum Gasteiger partial charge on any atom is -0.504 e. The molecule has 1 N–H and O–H groups in total. The van der Waals surface area contributed by atoms with Crippen molar-refractivity contribution in [2.75, 3.05) is 13.7 Å². The van der Waals surface area contributed by atoms with Gasteiger partial charge in [0.25, 0.3) is 5.69 Å². The van der Waals surface area contributed by atoms with Crippen molar-refractivity contribution in [2.24, 2.45) is 0 Å². The summed E-state index contributed by atoms with van der Waals surface area (Å²) in [5.41, 5.74) is -0.392. The zero-order chi connectivity index (χ0) is 12.6. The van der Waals surface area contributed by atoms with E-state index in [9.17, 15) is 20.0 Å². The van der Waals surface area contributed by atoms with Gasteiger partial charge in [0.15, 0.2) is 11.5 Å². The van der Waals surface area contributed by atoms with Gasteiger partial charge in [0.2, 0.25) is 0 Å². The van der Waals surface area contributed by atoms with Crippen LogP contribution >= 0.6 is 0 Å². The molecule has 0 saturated carbocycles. The van der Waals surface area contributed by atoms with Crippen molar-refractivity contribution in [3.8, 4) is 11.5 Å². The third-order valence-electron chi connectivity index (χ3n) is 2.52. The minimum atomic E-state index is -0.860. The van der Waals surface area contributed by atoms with Crippen molar-refractivity contribution in [3.63, 3.8) is 0 Å². The predicted octanol–water partition coefficient (Wildman–Crippen LogP) is 1.02. The number of aromatic hydroxyl groups is 1. The molecule has 0 aliphatic carbocycles. The lowest BCUT2D eigenvalue weighted by Crippen LogP contribution is -2.07. The molecule has 1 heterocycles. The van der Waals surface area contributed by atoms with Gasteiger partial charge in [-0.05, 0) is 0 Å². The summed E-state index contributed by atoms with van der Waals surface area (Å²) >= 11 is 0. The molecule has 7 heteroatoms. The van der Waals surface area contributed by atoms with Gasteiger partial charge in [0.05, 0.1) is 24.2 Å². The summed E-state index contributed by atoms with van der Waals surface area (Å²) in [6.07, 6.45) is 0.282. The second-order valence-electron chi connectivity index (χ2n) is 3.45. The number of esters is 1. The van der Waals surface area contributed by atoms with E-state index in [1.54, 1.807) is 0 Å². The highest BCUT2D eigenvalue weighted by molar-refractivity contribution is 5.96. The average Bonchev–Trinajstić information content (AvgIpc) is 2.76. The van der Waals surface area contributed by atoms with Gasteiger partial charge in [-0.3, -0.25) is 10.1 Å². The summed E-state index contributed by atoms with van der Waals surface area (Å²) in [6.45, 7) is 0.244. The molecule has 90 valence electrons. The molecule has 2 rings (SSSR count). The summed E-state index contributed by atoms with van der Waals surface area (Å²) in [5.74, 6) is -1.07. The van der Waals surface area contributed by atoms with Gasteiger partial charge in [0.1, 0.15) is 5.56 Å². The Morgan fingerprint density at radius 2 is 2.35 bits per heavy atom. The topological polar surface area (TPSA) is 98.9 Å². The Kier molecular flexibility index (Phi) is 2.58. The molecule has 7 nitrogen and oxygen atoms in total. The van der Waals surface area contributed by atoms with Crippen molar-refractivity contribution in [1.29, 1.82) is 0 Å². The summed E-state index contributed by atoms with van der Waals surface area (Å²) in [7, 11) is 1.12. The van der Waals surface area contributed by atoms with Crippen LogP contribution in [-0.2, 0) is 11.2 Å². The van der Waals surface area contributed by atoms with Crippen molar-refractivity contribution >= 4 is 11.7 Å². The number of carbonyl (C=O) groups excluding carboxylic acids is 1. The van der Waals surface area contributed by atoms with Crippen LogP contribution in [0.1, 0.15) is 15.9 Å². The van der Waals surface area contributed by atoms with E-state index in [4.69, 9.17) is 4.74 Å². The monoisotopic (exact) mass is 239 g/mol. The van der Waals surface area contributed by atoms with Crippen LogP contribution in [0.15, 0.2) is 6.07 Å². The molecule has 1 aliphatic heterocycles. The molecule has 0 aromatic heterocycles. The van der Waals surface area contributed by atoms with Crippen LogP contribution in [0.25, 0.3) is 0 Å². The minimum absolute atomic E-state index is 0.0735. The highest BCUT2D eigenvalue weighted by Crippen LogP contribution is 2.43. The molecule has 0 spiro atoms. The number of rotatable bonds is 2. The third-order valence-corrected chi connectivity index (χ3v) is 2.52. The molecule has 0 bridgehead atoms. The normalized spacial score (nSPS) is 12.8. The van der Waals surface area contributed by atoms with Crippen molar-refractivity contribution in [1.82, 2.24) is 0 Å². The molecule has 0 saturated heterocycles. The van der Waals surface area contributed by atoms with Gasteiger partial charge in [0, 0.05) is 12.5 Å². The average molecular weight is 239 g/mol. The van der Waals surface area contributed by atoms with Crippen molar-refractivity contribution < 1.29 is 24.3 Å². The molecular weight excluding hydrogens is 230 g/mol. The fourth-order valence-electron chi connectivity index (χ4n) is 1.82. The first-order valence-corrected chi connectivity index (χ1v) is 4.80. The van der Waals surface area contributed by atoms with Gasteiger partial charge < -0.3 is 14.6 Å². The Labute approximate surface area is 95.7 Å². The molecule has 0 radical (unpaired) electrons. The number of phenols is 1. The second-order valence-corrected chi connectivity index (χ2v) is 3.45. The highest BCUT2D eigenvalue weighted by Gasteiger charge is 2.33. The maximum Gasteiger partial charge on any atom is 0.345 e. The van der Waals surface area contributed by atoms with Gasteiger partial charge >= 0.3 is 5.97 Å². The molecule has 1 aliphatic rings. The van der Waals surface area contributed by atoms with E-state index in [0.717, 1.165) is 13.2 Å². The van der Waals surface area contributed by atoms with Crippen LogP contribution in [0.2, 0.25) is 0 Å². The fraction of sp³-hybridized carbons (Fsp3) is 0.300. The number of fused-ring (bicyclic) bond motifs is 1. The summed E-state index contributed by atoms with van der Waals surface area (Å²) in [4.78, 5) is 21.7. The Bertz CT molecular complexity index is 510. The zero-order valence-corrected chi connectivity index (χ0v) is 8.93. The molecule has 0 fully saturated rings. The number of hydrogen-bond donors (Lipinski definition) is 1. The van der Waals surface area contributed by atoms with E-state index < -0.39 is 10.9 Å². The molecule has 0 atom stereocenters. The SMILES string of the molecule is COC(=O)c1cc(O)c2c(c1[N+](=O)[O-])CCO2. The molecular formula is C10H9NO6. The molecule has 0 unspecified atom stereocenters. The Morgan fingerprint density at radius 3 is 2.94 bits per heavy atom. The van der Waals surface area contributed by atoms with Gasteiger partial charge in [-0.15, -0.1) is 0 Å². The molecule has 0 amide bonds. The van der Waals surface area contributed by atoms with E-state index in [1.807, 2.05) is 0 Å². The lowest BCUT2D eigenvalue weighted by Gasteiger charge is -2.07. The number of nitrogens with zero attached hydrogens (tertiary/aromatic N) is 1. The lowest BCUT2D eigenvalue weighted by atomic mass is 10.0. The lowest BCUT2D eigenvalue weighted by molar-refractivity contribution is -0.385. The Hall–Kier alpha value is -2.31. The van der Waals surface area contributed by atoms with Crippen LogP contribution in [0.4, 0.5) is 5.69 Å². The predicted molar refractivity (Wildman–Crippen MR) is 55.3 cm³/mol. The number of benzene rings is 1. The largest absolute Gasteiger partial charge is 0.504 e. The van der Waals surface area contributed by atoms with Gasteiger partial charge in [-0.25, -0.2) is 4.79 Å². The van der Waals surface area contributed by atoms with E-state index in [0.29, 0.717) is 0 Å². The van der Waals surface area contributed by atoms with Crippen molar-refractivity contribution in [2.45, 2.75) is 6.42 Å². The smallest absolute Gasteiger partial charge is 0.345 e. The van der Waals surface area contributed by atoms with Crippen molar-refractivity contribution in [3.05, 3.63) is 27.3 Å². The number of nitro benzene ring substituents is 1. The Balaban J connectivity index is 2.71. The van der Waals surface area contributed by atoms with Gasteiger partial charge in [-0.1, -0.05) is 0 Å².